The number of rotatable bonds is 1. The Morgan fingerprint density at radius 2 is 2.12 bits per heavy atom. The molecule has 1 aliphatic rings. The first-order valence-corrected chi connectivity index (χ1v) is 5.78. The lowest BCUT2D eigenvalue weighted by Gasteiger charge is -2.42. The van der Waals surface area contributed by atoms with Gasteiger partial charge in [0.2, 0.25) is 0 Å². The van der Waals surface area contributed by atoms with E-state index in [1.165, 1.54) is 0 Å². The van der Waals surface area contributed by atoms with Gasteiger partial charge >= 0.3 is 5.97 Å². The zero-order valence-corrected chi connectivity index (χ0v) is 10.4. The van der Waals surface area contributed by atoms with Gasteiger partial charge in [0, 0.05) is 18.6 Å². The molecule has 1 heterocycles. The number of hydrogen-bond donors (Lipinski definition) is 2. The molecular weight excluding hydrogens is 216 g/mol. The van der Waals surface area contributed by atoms with Gasteiger partial charge in [0.1, 0.15) is 0 Å². The summed E-state index contributed by atoms with van der Waals surface area (Å²) in [4.78, 5) is 13.2. The van der Waals surface area contributed by atoms with E-state index in [0.717, 1.165) is 24.5 Å². The highest BCUT2D eigenvalue weighted by atomic mass is 16.4. The summed E-state index contributed by atoms with van der Waals surface area (Å²) in [5, 5.41) is 12.3. The van der Waals surface area contributed by atoms with Crippen LogP contribution in [0.5, 0.6) is 0 Å². The fourth-order valence-electron chi connectivity index (χ4n) is 2.16. The third-order valence-electron chi connectivity index (χ3n) is 3.00. The lowest BCUT2D eigenvalue weighted by atomic mass is 10.0. The van der Waals surface area contributed by atoms with Gasteiger partial charge in [-0.2, -0.15) is 0 Å². The second-order valence-electron chi connectivity index (χ2n) is 5.29. The Labute approximate surface area is 101 Å². The maximum Gasteiger partial charge on any atom is 0.335 e. The first kappa shape index (κ1) is 11.8. The van der Waals surface area contributed by atoms with Gasteiger partial charge in [0.05, 0.1) is 16.9 Å². The second-order valence-corrected chi connectivity index (χ2v) is 5.29. The molecule has 2 N–H and O–H groups in total. The van der Waals surface area contributed by atoms with Gasteiger partial charge in [-0.15, -0.1) is 0 Å². The Morgan fingerprint density at radius 1 is 1.41 bits per heavy atom. The first-order chi connectivity index (χ1) is 7.89. The van der Waals surface area contributed by atoms with Gasteiger partial charge in [-0.1, -0.05) is 0 Å². The Morgan fingerprint density at radius 3 is 2.71 bits per heavy atom. The molecule has 1 aromatic carbocycles. The third kappa shape index (κ3) is 2.20. The lowest BCUT2D eigenvalue weighted by molar-refractivity contribution is 0.0697. The van der Waals surface area contributed by atoms with Crippen LogP contribution in [0.3, 0.4) is 0 Å². The molecule has 4 heteroatoms. The molecule has 0 fully saturated rings. The lowest BCUT2D eigenvalue weighted by Crippen LogP contribution is -2.46. The summed E-state index contributed by atoms with van der Waals surface area (Å²) >= 11 is 0. The smallest absolute Gasteiger partial charge is 0.335 e. The molecule has 0 aliphatic carbocycles. The summed E-state index contributed by atoms with van der Waals surface area (Å²) < 4.78 is 0. The summed E-state index contributed by atoms with van der Waals surface area (Å²) in [6.45, 7) is 8.18. The van der Waals surface area contributed by atoms with Crippen molar-refractivity contribution in [2.24, 2.45) is 0 Å². The van der Waals surface area contributed by atoms with E-state index in [0.29, 0.717) is 5.56 Å². The summed E-state index contributed by atoms with van der Waals surface area (Å²) in [7, 11) is 0. The van der Waals surface area contributed by atoms with Crippen molar-refractivity contribution in [2.75, 3.05) is 23.3 Å². The summed E-state index contributed by atoms with van der Waals surface area (Å²) in [5.74, 6) is -0.882. The number of benzene rings is 1. The van der Waals surface area contributed by atoms with Crippen LogP contribution in [0.2, 0.25) is 0 Å². The van der Waals surface area contributed by atoms with Crippen LogP contribution >= 0.6 is 0 Å². The van der Waals surface area contributed by atoms with E-state index in [9.17, 15) is 4.79 Å². The van der Waals surface area contributed by atoms with E-state index in [1.807, 2.05) is 6.07 Å². The number of aromatic carboxylic acids is 1. The minimum absolute atomic E-state index is 0.00598. The van der Waals surface area contributed by atoms with Gasteiger partial charge < -0.3 is 15.3 Å². The predicted octanol–water partition coefficient (Wildman–Crippen LogP) is 2.42. The minimum atomic E-state index is -0.882. The molecule has 0 amide bonds. The van der Waals surface area contributed by atoms with Crippen molar-refractivity contribution in [2.45, 2.75) is 26.3 Å². The van der Waals surface area contributed by atoms with Crippen LogP contribution < -0.4 is 10.2 Å². The summed E-state index contributed by atoms with van der Waals surface area (Å²) in [6, 6.07) is 5.23. The fourth-order valence-corrected chi connectivity index (χ4v) is 2.16. The zero-order chi connectivity index (χ0) is 12.6. The van der Waals surface area contributed by atoms with E-state index in [2.05, 4.69) is 31.0 Å². The highest BCUT2D eigenvalue weighted by Crippen LogP contribution is 2.34. The van der Waals surface area contributed by atoms with Crippen molar-refractivity contribution in [3.63, 3.8) is 0 Å². The minimum Gasteiger partial charge on any atom is -0.478 e. The SMILES string of the molecule is CC(C)(C)N1CCNc2ccc(C(=O)O)cc21. The Balaban J connectivity index is 2.48. The van der Waals surface area contributed by atoms with E-state index in [1.54, 1.807) is 12.1 Å². The molecule has 1 aromatic rings. The molecule has 0 bridgehead atoms. The van der Waals surface area contributed by atoms with Crippen LogP contribution in [0.1, 0.15) is 31.1 Å². The number of fused-ring (bicyclic) bond motifs is 1. The molecule has 17 heavy (non-hydrogen) atoms. The van der Waals surface area contributed by atoms with Crippen LogP contribution in [0.15, 0.2) is 18.2 Å². The van der Waals surface area contributed by atoms with Crippen molar-refractivity contribution in [1.82, 2.24) is 0 Å². The maximum absolute atomic E-state index is 11.0. The van der Waals surface area contributed by atoms with Crippen LogP contribution in [0.4, 0.5) is 11.4 Å². The number of carbonyl (C=O) groups is 1. The van der Waals surface area contributed by atoms with E-state index in [-0.39, 0.29) is 5.54 Å². The van der Waals surface area contributed by atoms with Gasteiger partial charge in [0.25, 0.3) is 0 Å². The highest BCUT2D eigenvalue weighted by Gasteiger charge is 2.27. The van der Waals surface area contributed by atoms with Crippen molar-refractivity contribution >= 4 is 17.3 Å². The van der Waals surface area contributed by atoms with Crippen molar-refractivity contribution in [3.8, 4) is 0 Å². The van der Waals surface area contributed by atoms with Crippen LogP contribution in [-0.4, -0.2) is 29.7 Å². The largest absolute Gasteiger partial charge is 0.478 e. The first-order valence-electron chi connectivity index (χ1n) is 5.78. The Kier molecular flexibility index (Phi) is 2.73. The summed E-state index contributed by atoms with van der Waals surface area (Å²) in [6.07, 6.45) is 0. The number of carboxylic acids is 1. The molecule has 0 spiro atoms. The molecule has 0 radical (unpaired) electrons. The molecule has 0 unspecified atom stereocenters. The molecular formula is C13H18N2O2. The summed E-state index contributed by atoms with van der Waals surface area (Å²) in [5.41, 5.74) is 2.31. The number of nitrogens with one attached hydrogen (secondary N) is 1. The second kappa shape index (κ2) is 3.95. The molecule has 0 atom stereocenters. The van der Waals surface area contributed by atoms with Gasteiger partial charge in [-0.25, -0.2) is 4.79 Å². The van der Waals surface area contributed by atoms with Crippen molar-refractivity contribution in [1.29, 1.82) is 0 Å². The van der Waals surface area contributed by atoms with Crippen LogP contribution in [-0.2, 0) is 0 Å². The quantitative estimate of drug-likeness (QED) is 0.783. The number of anilines is 2. The molecule has 0 aromatic heterocycles. The monoisotopic (exact) mass is 234 g/mol. The van der Waals surface area contributed by atoms with E-state index >= 15 is 0 Å². The number of nitrogens with zero attached hydrogens (tertiary/aromatic N) is 1. The van der Waals surface area contributed by atoms with E-state index in [4.69, 9.17) is 5.11 Å². The van der Waals surface area contributed by atoms with E-state index < -0.39 is 5.97 Å². The normalized spacial score (nSPS) is 15.1. The number of carboxylic acid groups (broad SMARTS) is 1. The molecule has 0 saturated heterocycles. The predicted molar refractivity (Wildman–Crippen MR) is 69.0 cm³/mol. The molecule has 1 aliphatic heterocycles. The van der Waals surface area contributed by atoms with Crippen molar-refractivity contribution in [3.05, 3.63) is 23.8 Å². The van der Waals surface area contributed by atoms with Gasteiger partial charge in [-0.3, -0.25) is 0 Å². The van der Waals surface area contributed by atoms with Crippen LogP contribution in [0.25, 0.3) is 0 Å². The van der Waals surface area contributed by atoms with Crippen molar-refractivity contribution < 1.29 is 9.90 Å². The molecule has 0 saturated carbocycles. The Bertz CT molecular complexity index is 449. The molecule has 92 valence electrons. The standard InChI is InChI=1S/C13H18N2O2/c1-13(2,3)15-7-6-14-10-5-4-9(12(16)17)8-11(10)15/h4-5,8,14H,6-7H2,1-3H3,(H,16,17). The third-order valence-corrected chi connectivity index (χ3v) is 3.00. The Hall–Kier alpha value is -1.71. The average Bonchev–Trinajstić information content (AvgIpc) is 2.26. The molecule has 2 rings (SSSR count). The topological polar surface area (TPSA) is 52.6 Å². The van der Waals surface area contributed by atoms with Gasteiger partial charge in [-0.05, 0) is 39.0 Å². The zero-order valence-electron chi connectivity index (χ0n) is 10.4. The fraction of sp³-hybridized carbons (Fsp3) is 0.462. The van der Waals surface area contributed by atoms with Crippen LogP contribution in [0, 0.1) is 0 Å². The number of hydrogen-bond acceptors (Lipinski definition) is 3. The van der Waals surface area contributed by atoms with Gasteiger partial charge in [0.15, 0.2) is 0 Å². The molecule has 4 nitrogen and oxygen atoms in total. The maximum atomic E-state index is 11.0. The highest BCUT2D eigenvalue weighted by molar-refractivity contribution is 5.91. The average molecular weight is 234 g/mol.